The van der Waals surface area contributed by atoms with Crippen molar-refractivity contribution >= 4 is 5.69 Å². The molecule has 1 N–H and O–H groups in total. The Morgan fingerprint density at radius 1 is 1.44 bits per heavy atom. The highest BCUT2D eigenvalue weighted by Gasteiger charge is 2.23. The maximum atomic E-state index is 14.0. The van der Waals surface area contributed by atoms with Crippen molar-refractivity contribution in [3.05, 3.63) is 29.6 Å². The van der Waals surface area contributed by atoms with Crippen LogP contribution in [-0.2, 0) is 6.54 Å². The van der Waals surface area contributed by atoms with E-state index >= 15 is 0 Å². The second-order valence-electron chi connectivity index (χ2n) is 5.46. The minimum atomic E-state index is -0.0975. The van der Waals surface area contributed by atoms with Gasteiger partial charge in [-0.2, -0.15) is 0 Å². The van der Waals surface area contributed by atoms with Crippen molar-refractivity contribution in [1.82, 2.24) is 5.32 Å². The van der Waals surface area contributed by atoms with E-state index in [1.54, 1.807) is 6.07 Å². The summed E-state index contributed by atoms with van der Waals surface area (Å²) in [6.45, 7) is 8.03. The number of nitrogens with one attached hydrogen (secondary N) is 1. The Kier molecular flexibility index (Phi) is 4.23. The number of halogens is 1. The lowest BCUT2D eigenvalue weighted by Gasteiger charge is -2.27. The molecular formula is C15H23FN2. The maximum absolute atomic E-state index is 14.0. The maximum Gasteiger partial charge on any atom is 0.129 e. The van der Waals surface area contributed by atoms with E-state index < -0.39 is 0 Å². The third-order valence-electron chi connectivity index (χ3n) is 3.64. The summed E-state index contributed by atoms with van der Waals surface area (Å²) in [5.74, 6) is -0.0975. The van der Waals surface area contributed by atoms with Crippen molar-refractivity contribution in [1.29, 1.82) is 0 Å². The third-order valence-corrected chi connectivity index (χ3v) is 3.64. The molecule has 2 rings (SSSR count). The van der Waals surface area contributed by atoms with Gasteiger partial charge in [-0.05, 0) is 31.9 Å². The molecule has 1 unspecified atom stereocenters. The molecule has 0 spiro atoms. The Morgan fingerprint density at radius 2 is 2.22 bits per heavy atom. The normalized spacial score (nSPS) is 19.8. The van der Waals surface area contributed by atoms with Crippen LogP contribution < -0.4 is 10.2 Å². The van der Waals surface area contributed by atoms with Gasteiger partial charge in [0.15, 0.2) is 0 Å². The Labute approximate surface area is 109 Å². The zero-order valence-corrected chi connectivity index (χ0v) is 11.5. The summed E-state index contributed by atoms with van der Waals surface area (Å²) in [5.41, 5.74) is 1.87. The predicted octanol–water partition coefficient (Wildman–Crippen LogP) is 3.31. The molecule has 1 aliphatic rings. The first kappa shape index (κ1) is 13.3. The van der Waals surface area contributed by atoms with E-state index in [9.17, 15) is 4.39 Å². The molecule has 1 saturated heterocycles. The Hall–Kier alpha value is -1.09. The van der Waals surface area contributed by atoms with Crippen LogP contribution in [0.3, 0.4) is 0 Å². The van der Waals surface area contributed by atoms with Crippen LogP contribution >= 0.6 is 0 Å². The fraction of sp³-hybridized carbons (Fsp3) is 0.600. The summed E-state index contributed by atoms with van der Waals surface area (Å²) in [4.78, 5) is 2.33. The SMILES string of the molecule is CC(C)NCc1c(F)cccc1N1CCCC1C. The molecule has 0 amide bonds. The van der Waals surface area contributed by atoms with E-state index in [1.807, 2.05) is 12.1 Å². The molecule has 1 atom stereocenters. The molecule has 1 fully saturated rings. The number of hydrogen-bond donors (Lipinski definition) is 1. The summed E-state index contributed by atoms with van der Waals surface area (Å²) in [6, 6.07) is 6.30. The van der Waals surface area contributed by atoms with Crippen molar-refractivity contribution < 1.29 is 4.39 Å². The molecule has 0 bridgehead atoms. The van der Waals surface area contributed by atoms with Gasteiger partial charge in [-0.25, -0.2) is 4.39 Å². The van der Waals surface area contributed by atoms with Gasteiger partial charge in [0.1, 0.15) is 5.82 Å². The predicted molar refractivity (Wildman–Crippen MR) is 74.4 cm³/mol. The average molecular weight is 250 g/mol. The summed E-state index contributed by atoms with van der Waals surface area (Å²) < 4.78 is 14.0. The van der Waals surface area contributed by atoms with E-state index in [-0.39, 0.29) is 5.82 Å². The molecule has 1 heterocycles. The van der Waals surface area contributed by atoms with Gasteiger partial charge in [-0.1, -0.05) is 19.9 Å². The van der Waals surface area contributed by atoms with E-state index in [4.69, 9.17) is 0 Å². The first-order valence-electron chi connectivity index (χ1n) is 6.87. The molecule has 0 aliphatic carbocycles. The minimum absolute atomic E-state index is 0.0975. The fourth-order valence-corrected chi connectivity index (χ4v) is 2.59. The average Bonchev–Trinajstić information content (AvgIpc) is 2.73. The van der Waals surface area contributed by atoms with Gasteiger partial charge in [0.2, 0.25) is 0 Å². The lowest BCUT2D eigenvalue weighted by molar-refractivity contribution is 0.551. The Morgan fingerprint density at radius 3 is 2.83 bits per heavy atom. The van der Waals surface area contributed by atoms with Gasteiger partial charge in [0.25, 0.3) is 0 Å². The lowest BCUT2D eigenvalue weighted by Crippen LogP contribution is -2.29. The molecule has 0 radical (unpaired) electrons. The highest BCUT2D eigenvalue weighted by Crippen LogP contribution is 2.30. The molecule has 0 aromatic heterocycles. The first-order chi connectivity index (χ1) is 8.59. The van der Waals surface area contributed by atoms with Crippen LogP contribution in [0.5, 0.6) is 0 Å². The summed E-state index contributed by atoms with van der Waals surface area (Å²) in [7, 11) is 0. The second-order valence-corrected chi connectivity index (χ2v) is 5.46. The summed E-state index contributed by atoms with van der Waals surface area (Å²) in [5, 5.41) is 3.31. The van der Waals surface area contributed by atoms with Crippen LogP contribution in [0, 0.1) is 5.82 Å². The molecule has 0 saturated carbocycles. The standard InChI is InChI=1S/C15H23FN2/c1-11(2)17-10-13-14(16)7-4-8-15(13)18-9-5-6-12(18)3/h4,7-8,11-12,17H,5-6,9-10H2,1-3H3. The zero-order chi connectivity index (χ0) is 13.1. The van der Waals surface area contributed by atoms with Crippen LogP contribution in [0.4, 0.5) is 10.1 Å². The zero-order valence-electron chi connectivity index (χ0n) is 11.5. The number of benzene rings is 1. The van der Waals surface area contributed by atoms with Crippen LogP contribution in [0.1, 0.15) is 39.2 Å². The van der Waals surface area contributed by atoms with Crippen molar-refractivity contribution in [3.8, 4) is 0 Å². The van der Waals surface area contributed by atoms with E-state index in [2.05, 4.69) is 31.0 Å². The molecule has 100 valence electrons. The number of anilines is 1. The highest BCUT2D eigenvalue weighted by atomic mass is 19.1. The first-order valence-corrected chi connectivity index (χ1v) is 6.87. The van der Waals surface area contributed by atoms with Gasteiger partial charge in [0.05, 0.1) is 0 Å². The fourth-order valence-electron chi connectivity index (χ4n) is 2.59. The molecule has 1 aromatic rings. The van der Waals surface area contributed by atoms with Crippen molar-refractivity contribution in [3.63, 3.8) is 0 Å². The van der Waals surface area contributed by atoms with Crippen LogP contribution in [0.25, 0.3) is 0 Å². The van der Waals surface area contributed by atoms with E-state index in [0.717, 1.165) is 17.8 Å². The van der Waals surface area contributed by atoms with Crippen LogP contribution in [0.15, 0.2) is 18.2 Å². The summed E-state index contributed by atoms with van der Waals surface area (Å²) >= 11 is 0. The van der Waals surface area contributed by atoms with Crippen LogP contribution in [-0.4, -0.2) is 18.6 Å². The molecule has 2 nitrogen and oxygen atoms in total. The molecule has 3 heteroatoms. The molecule has 18 heavy (non-hydrogen) atoms. The van der Waals surface area contributed by atoms with Gasteiger partial charge in [0, 0.05) is 36.4 Å². The van der Waals surface area contributed by atoms with Crippen molar-refractivity contribution in [2.45, 2.75) is 52.2 Å². The third kappa shape index (κ3) is 2.83. The Bertz CT molecular complexity index is 403. The van der Waals surface area contributed by atoms with Gasteiger partial charge >= 0.3 is 0 Å². The molecule has 1 aromatic carbocycles. The largest absolute Gasteiger partial charge is 0.368 e. The highest BCUT2D eigenvalue weighted by molar-refractivity contribution is 5.55. The summed E-state index contributed by atoms with van der Waals surface area (Å²) in [6.07, 6.45) is 2.41. The van der Waals surface area contributed by atoms with Crippen LogP contribution in [0.2, 0.25) is 0 Å². The number of nitrogens with zero attached hydrogens (tertiary/aromatic N) is 1. The lowest BCUT2D eigenvalue weighted by atomic mass is 10.1. The van der Waals surface area contributed by atoms with Gasteiger partial charge in [-0.3, -0.25) is 0 Å². The second kappa shape index (κ2) is 5.70. The van der Waals surface area contributed by atoms with Crippen molar-refractivity contribution in [2.75, 3.05) is 11.4 Å². The van der Waals surface area contributed by atoms with Gasteiger partial charge in [-0.15, -0.1) is 0 Å². The minimum Gasteiger partial charge on any atom is -0.368 e. The molecular weight excluding hydrogens is 227 g/mol. The van der Waals surface area contributed by atoms with E-state index in [0.29, 0.717) is 18.6 Å². The molecule has 1 aliphatic heterocycles. The quantitative estimate of drug-likeness (QED) is 0.882. The monoisotopic (exact) mass is 250 g/mol. The number of hydrogen-bond acceptors (Lipinski definition) is 2. The Balaban J connectivity index is 2.25. The topological polar surface area (TPSA) is 15.3 Å². The van der Waals surface area contributed by atoms with Crippen molar-refractivity contribution in [2.24, 2.45) is 0 Å². The number of rotatable bonds is 4. The van der Waals surface area contributed by atoms with Gasteiger partial charge < -0.3 is 10.2 Å². The van der Waals surface area contributed by atoms with E-state index in [1.165, 1.54) is 12.8 Å². The smallest absolute Gasteiger partial charge is 0.129 e.